The number of rotatable bonds is 5. The lowest BCUT2D eigenvalue weighted by molar-refractivity contribution is 0.0952. The van der Waals surface area contributed by atoms with Crippen LogP contribution in [0, 0.1) is 0 Å². The lowest BCUT2D eigenvalue weighted by Gasteiger charge is -2.19. The summed E-state index contributed by atoms with van der Waals surface area (Å²) in [4.78, 5) is 14.2. The molecule has 0 unspecified atom stereocenters. The van der Waals surface area contributed by atoms with E-state index >= 15 is 0 Å². The van der Waals surface area contributed by atoms with E-state index < -0.39 is 5.91 Å². The first-order valence-electron chi connectivity index (χ1n) is 8.25. The van der Waals surface area contributed by atoms with Gasteiger partial charge in [-0.05, 0) is 48.0 Å². The summed E-state index contributed by atoms with van der Waals surface area (Å²) in [6.07, 6.45) is 1.55. The first-order chi connectivity index (χ1) is 13.0. The minimum Gasteiger partial charge on any atom is -0.507 e. The predicted octanol–water partition coefficient (Wildman–Crippen LogP) is 4.69. The van der Waals surface area contributed by atoms with Crippen LogP contribution in [-0.2, 0) is 0 Å². The third-order valence-electron chi connectivity index (χ3n) is 4.01. The zero-order valence-electron chi connectivity index (χ0n) is 14.6. The summed E-state index contributed by atoms with van der Waals surface area (Å²) in [5, 5.41) is 13.7. The van der Waals surface area contributed by atoms with Crippen molar-refractivity contribution in [3.8, 4) is 5.75 Å². The summed E-state index contributed by atoms with van der Waals surface area (Å²) in [5.41, 5.74) is 5.56. The van der Waals surface area contributed by atoms with Crippen molar-refractivity contribution in [2.24, 2.45) is 5.10 Å². The number of carbonyl (C=O) groups is 1. The number of nitrogens with zero attached hydrogens (tertiary/aromatic N) is 2. The SMILES string of the molecule is CN(c1ccccc1)c1ccc(/C=N\NC(=O)c2cc(Br)ccc2O)cc1. The van der Waals surface area contributed by atoms with Gasteiger partial charge < -0.3 is 10.0 Å². The molecule has 5 nitrogen and oxygen atoms in total. The second-order valence-electron chi connectivity index (χ2n) is 5.85. The Balaban J connectivity index is 1.64. The van der Waals surface area contributed by atoms with Gasteiger partial charge in [-0.15, -0.1) is 0 Å². The molecule has 0 atom stereocenters. The number of para-hydroxylation sites is 1. The largest absolute Gasteiger partial charge is 0.507 e. The predicted molar refractivity (Wildman–Crippen MR) is 112 cm³/mol. The van der Waals surface area contributed by atoms with Crippen LogP contribution in [0.25, 0.3) is 0 Å². The normalized spacial score (nSPS) is 10.7. The Bertz CT molecular complexity index is 957. The van der Waals surface area contributed by atoms with Crippen LogP contribution in [0.4, 0.5) is 11.4 Å². The van der Waals surface area contributed by atoms with Gasteiger partial charge in [-0.2, -0.15) is 5.10 Å². The molecule has 2 N–H and O–H groups in total. The third kappa shape index (κ3) is 4.74. The first-order valence-corrected chi connectivity index (χ1v) is 9.04. The van der Waals surface area contributed by atoms with Crippen molar-refractivity contribution in [3.05, 3.63) is 88.4 Å². The quantitative estimate of drug-likeness (QED) is 0.462. The molecule has 0 fully saturated rings. The Morgan fingerprint density at radius 2 is 1.70 bits per heavy atom. The molecule has 0 spiro atoms. The number of aromatic hydroxyl groups is 1. The van der Waals surface area contributed by atoms with E-state index in [4.69, 9.17) is 0 Å². The fourth-order valence-corrected chi connectivity index (χ4v) is 2.86. The fourth-order valence-electron chi connectivity index (χ4n) is 2.50. The van der Waals surface area contributed by atoms with E-state index in [1.54, 1.807) is 12.3 Å². The summed E-state index contributed by atoms with van der Waals surface area (Å²) < 4.78 is 0.701. The Morgan fingerprint density at radius 3 is 2.41 bits per heavy atom. The molecule has 3 aromatic rings. The molecule has 136 valence electrons. The molecule has 0 heterocycles. The maximum atomic E-state index is 12.1. The topological polar surface area (TPSA) is 64.9 Å². The highest BCUT2D eigenvalue weighted by molar-refractivity contribution is 9.10. The zero-order valence-corrected chi connectivity index (χ0v) is 16.2. The standard InChI is InChI=1S/C21H18BrN3O2/c1-25(17-5-3-2-4-6-17)18-10-7-15(8-11-18)14-23-24-21(27)19-13-16(22)9-12-20(19)26/h2-14,26H,1H3,(H,24,27)/b23-14-. The summed E-state index contributed by atoms with van der Waals surface area (Å²) >= 11 is 3.27. The average molecular weight is 424 g/mol. The summed E-state index contributed by atoms with van der Waals surface area (Å²) in [6, 6.07) is 22.5. The molecule has 0 aliphatic heterocycles. The number of halogens is 1. The summed E-state index contributed by atoms with van der Waals surface area (Å²) in [6.45, 7) is 0. The summed E-state index contributed by atoms with van der Waals surface area (Å²) in [7, 11) is 2.00. The summed E-state index contributed by atoms with van der Waals surface area (Å²) in [5.74, 6) is -0.579. The molecule has 6 heteroatoms. The second kappa shape index (κ2) is 8.51. The molecule has 1 amide bonds. The Hall–Kier alpha value is -3.12. The minimum atomic E-state index is -0.481. The van der Waals surface area contributed by atoms with Crippen LogP contribution >= 0.6 is 15.9 Å². The monoisotopic (exact) mass is 423 g/mol. The number of phenolic OH excluding ortho intramolecular Hbond substituents is 1. The number of nitrogens with one attached hydrogen (secondary N) is 1. The van der Waals surface area contributed by atoms with Crippen LogP contribution in [0.5, 0.6) is 5.75 Å². The van der Waals surface area contributed by atoms with Gasteiger partial charge in [0.25, 0.3) is 5.91 Å². The second-order valence-corrected chi connectivity index (χ2v) is 6.76. The maximum absolute atomic E-state index is 12.1. The highest BCUT2D eigenvalue weighted by atomic mass is 79.9. The number of hydrazone groups is 1. The Labute approximate surface area is 166 Å². The zero-order chi connectivity index (χ0) is 19.2. The smallest absolute Gasteiger partial charge is 0.275 e. The van der Waals surface area contributed by atoms with Gasteiger partial charge >= 0.3 is 0 Å². The van der Waals surface area contributed by atoms with Crippen molar-refractivity contribution in [1.82, 2.24) is 5.43 Å². The van der Waals surface area contributed by atoms with Crippen LogP contribution in [0.2, 0.25) is 0 Å². The van der Waals surface area contributed by atoms with E-state index in [1.807, 2.05) is 61.6 Å². The van der Waals surface area contributed by atoms with Gasteiger partial charge in [0.05, 0.1) is 11.8 Å². The number of hydrogen-bond donors (Lipinski definition) is 2. The van der Waals surface area contributed by atoms with E-state index in [9.17, 15) is 9.90 Å². The molecule has 27 heavy (non-hydrogen) atoms. The number of hydrogen-bond acceptors (Lipinski definition) is 4. The van der Waals surface area contributed by atoms with E-state index in [-0.39, 0.29) is 11.3 Å². The molecule has 0 saturated heterocycles. The van der Waals surface area contributed by atoms with Crippen molar-refractivity contribution in [1.29, 1.82) is 0 Å². The molecule has 0 aliphatic rings. The van der Waals surface area contributed by atoms with E-state index in [1.165, 1.54) is 12.1 Å². The lowest BCUT2D eigenvalue weighted by atomic mass is 10.2. The molecular weight excluding hydrogens is 406 g/mol. The number of carbonyl (C=O) groups excluding carboxylic acids is 1. The molecule has 0 radical (unpaired) electrons. The molecule has 0 aliphatic carbocycles. The molecule has 3 rings (SSSR count). The molecule has 3 aromatic carbocycles. The third-order valence-corrected chi connectivity index (χ3v) is 4.50. The van der Waals surface area contributed by atoms with Crippen LogP contribution in [0.15, 0.2) is 82.4 Å². The van der Waals surface area contributed by atoms with Crippen molar-refractivity contribution in [3.63, 3.8) is 0 Å². The highest BCUT2D eigenvalue weighted by Gasteiger charge is 2.10. The van der Waals surface area contributed by atoms with Gasteiger partial charge in [-0.25, -0.2) is 5.43 Å². The van der Waals surface area contributed by atoms with Gasteiger partial charge in [0.1, 0.15) is 5.75 Å². The highest BCUT2D eigenvalue weighted by Crippen LogP contribution is 2.23. The van der Waals surface area contributed by atoms with Gasteiger partial charge in [0, 0.05) is 22.9 Å². The van der Waals surface area contributed by atoms with Crippen LogP contribution in [0.1, 0.15) is 15.9 Å². The van der Waals surface area contributed by atoms with E-state index in [0.717, 1.165) is 16.9 Å². The molecular formula is C21H18BrN3O2. The Morgan fingerprint density at radius 1 is 1.04 bits per heavy atom. The minimum absolute atomic E-state index is 0.0980. The van der Waals surface area contributed by atoms with Crippen molar-refractivity contribution in [2.75, 3.05) is 11.9 Å². The van der Waals surface area contributed by atoms with E-state index in [0.29, 0.717) is 4.47 Å². The van der Waals surface area contributed by atoms with Crippen LogP contribution < -0.4 is 10.3 Å². The fraction of sp³-hybridized carbons (Fsp3) is 0.0476. The number of anilines is 2. The number of amides is 1. The van der Waals surface area contributed by atoms with Crippen molar-refractivity contribution < 1.29 is 9.90 Å². The van der Waals surface area contributed by atoms with Crippen molar-refractivity contribution >= 4 is 39.4 Å². The average Bonchev–Trinajstić information content (AvgIpc) is 2.70. The van der Waals surface area contributed by atoms with Gasteiger partial charge in [0.2, 0.25) is 0 Å². The van der Waals surface area contributed by atoms with Crippen LogP contribution in [0.3, 0.4) is 0 Å². The van der Waals surface area contributed by atoms with E-state index in [2.05, 4.69) is 31.4 Å². The number of phenols is 1. The molecule has 0 bridgehead atoms. The van der Waals surface area contributed by atoms with Crippen LogP contribution in [-0.4, -0.2) is 24.3 Å². The molecule has 0 aromatic heterocycles. The Kier molecular flexibility index (Phi) is 5.88. The first kappa shape index (κ1) is 18.7. The molecule has 0 saturated carbocycles. The lowest BCUT2D eigenvalue weighted by Crippen LogP contribution is -2.17. The maximum Gasteiger partial charge on any atom is 0.275 e. The number of benzene rings is 3. The van der Waals surface area contributed by atoms with Crippen molar-refractivity contribution in [2.45, 2.75) is 0 Å². The van der Waals surface area contributed by atoms with Gasteiger partial charge in [-0.3, -0.25) is 4.79 Å². The van der Waals surface area contributed by atoms with Gasteiger partial charge in [-0.1, -0.05) is 46.3 Å². The van der Waals surface area contributed by atoms with Gasteiger partial charge in [0.15, 0.2) is 0 Å².